The predicted molar refractivity (Wildman–Crippen MR) is 99.3 cm³/mol. The van der Waals surface area contributed by atoms with Gasteiger partial charge >= 0.3 is 0 Å². The summed E-state index contributed by atoms with van der Waals surface area (Å²) < 4.78 is 0. The number of hydrogen-bond donors (Lipinski definition) is 3. The van der Waals surface area contributed by atoms with E-state index in [-0.39, 0.29) is 43.7 Å². The number of thiol groups is 1. The summed E-state index contributed by atoms with van der Waals surface area (Å²) in [6.07, 6.45) is 0.275. The molecule has 24 heavy (non-hydrogen) atoms. The minimum atomic E-state index is -0.544. The first-order valence-corrected chi connectivity index (χ1v) is 9.38. The lowest BCUT2D eigenvalue weighted by molar-refractivity contribution is -0.138. The van der Waals surface area contributed by atoms with Crippen LogP contribution >= 0.6 is 28.6 Å². The van der Waals surface area contributed by atoms with Crippen molar-refractivity contribution in [1.82, 2.24) is 15.5 Å². The molecule has 2 N–H and O–H groups in total. The number of rotatable bonds is 10. The number of carbonyl (C=O) groups is 4. The zero-order chi connectivity index (χ0) is 18.8. The van der Waals surface area contributed by atoms with Crippen LogP contribution in [0.2, 0.25) is 0 Å². The van der Waals surface area contributed by atoms with Crippen LogP contribution in [0.15, 0.2) is 0 Å². The molecule has 0 heterocycles. The first-order chi connectivity index (χ1) is 11.1. The molecule has 0 aliphatic carbocycles. The maximum atomic E-state index is 12.2. The molecular weight excluding hydrogens is 398 g/mol. The Bertz CT molecular complexity index is 466. The fourth-order valence-electron chi connectivity index (χ4n) is 1.52. The number of carbonyl (C=O) groups excluding carboxylic acids is 4. The van der Waals surface area contributed by atoms with Crippen LogP contribution < -0.4 is 10.6 Å². The van der Waals surface area contributed by atoms with Crippen molar-refractivity contribution in [2.24, 2.45) is 5.41 Å². The quantitative estimate of drug-likeness (QED) is 0.349. The number of Topliss-reactive ketones (excluding diaryl/α,β-unsaturated/α-hetero) is 1. The molecule has 138 valence electrons. The fraction of sp³-hybridized carbons (Fsp3) is 0.733. The van der Waals surface area contributed by atoms with Gasteiger partial charge in [-0.3, -0.25) is 19.2 Å². The van der Waals surface area contributed by atoms with Gasteiger partial charge in [0, 0.05) is 29.5 Å². The van der Waals surface area contributed by atoms with Gasteiger partial charge in [-0.1, -0.05) is 36.7 Å². The Hall–Kier alpha value is -1.09. The summed E-state index contributed by atoms with van der Waals surface area (Å²) in [7, 11) is 0. The molecule has 0 aliphatic rings. The maximum absolute atomic E-state index is 12.2. The van der Waals surface area contributed by atoms with Gasteiger partial charge in [-0.15, -0.1) is 0 Å². The molecular formula is C15H26BrN3O4S. The Morgan fingerprint density at radius 3 is 2.12 bits per heavy atom. The minimum absolute atomic E-state index is 0.0131. The van der Waals surface area contributed by atoms with Gasteiger partial charge in [0.05, 0.1) is 19.6 Å². The molecule has 0 rings (SSSR count). The van der Waals surface area contributed by atoms with Gasteiger partial charge in [-0.05, 0) is 0 Å². The monoisotopic (exact) mass is 423 g/mol. The number of halogens is 1. The van der Waals surface area contributed by atoms with E-state index in [1.807, 2.05) is 0 Å². The average Bonchev–Trinajstić information content (AvgIpc) is 2.49. The summed E-state index contributed by atoms with van der Waals surface area (Å²) in [4.78, 5) is 48.5. The standard InChI is InChI=1S/C15H26BrN3O4S/c1-15(2,3)11(20)10-19(6-7-24)14(23)9-18-13(22)8-17-12(21)4-5-16/h24H,4-10H2,1-3H3,(H,17,21)(H,18,22). The first kappa shape index (κ1) is 22.9. The highest BCUT2D eigenvalue weighted by molar-refractivity contribution is 9.09. The number of alkyl halides is 1. The molecule has 0 aromatic carbocycles. The predicted octanol–water partition coefficient (Wildman–Crippen LogP) is 0.377. The molecule has 0 spiro atoms. The van der Waals surface area contributed by atoms with Crippen LogP contribution in [0.1, 0.15) is 27.2 Å². The minimum Gasteiger partial charge on any atom is -0.347 e. The molecule has 0 aromatic heterocycles. The van der Waals surface area contributed by atoms with E-state index < -0.39 is 11.3 Å². The number of amides is 3. The van der Waals surface area contributed by atoms with Crippen molar-refractivity contribution in [1.29, 1.82) is 0 Å². The summed E-state index contributed by atoms with van der Waals surface area (Å²) in [5.74, 6) is -0.715. The summed E-state index contributed by atoms with van der Waals surface area (Å²) in [6, 6.07) is 0. The smallest absolute Gasteiger partial charge is 0.242 e. The van der Waals surface area contributed by atoms with E-state index in [2.05, 4.69) is 39.2 Å². The first-order valence-electron chi connectivity index (χ1n) is 7.63. The molecule has 9 heteroatoms. The normalized spacial score (nSPS) is 10.9. The van der Waals surface area contributed by atoms with Gasteiger partial charge in [-0.2, -0.15) is 12.6 Å². The topological polar surface area (TPSA) is 95.6 Å². The lowest BCUT2D eigenvalue weighted by Gasteiger charge is -2.25. The Kier molecular flexibility index (Phi) is 10.9. The van der Waals surface area contributed by atoms with Crippen LogP contribution in [-0.2, 0) is 19.2 Å². The second-order valence-electron chi connectivity index (χ2n) is 6.20. The number of nitrogens with one attached hydrogen (secondary N) is 2. The van der Waals surface area contributed by atoms with E-state index in [0.717, 1.165) is 0 Å². The molecule has 0 atom stereocenters. The van der Waals surface area contributed by atoms with Crippen molar-refractivity contribution in [2.75, 3.05) is 37.3 Å². The molecule has 0 bridgehead atoms. The van der Waals surface area contributed by atoms with Crippen molar-refractivity contribution in [3.05, 3.63) is 0 Å². The van der Waals surface area contributed by atoms with Crippen molar-refractivity contribution >= 4 is 52.1 Å². The van der Waals surface area contributed by atoms with Crippen molar-refractivity contribution in [3.63, 3.8) is 0 Å². The number of hydrogen-bond acceptors (Lipinski definition) is 5. The second kappa shape index (κ2) is 11.5. The van der Waals surface area contributed by atoms with E-state index in [1.165, 1.54) is 4.90 Å². The average molecular weight is 424 g/mol. The Morgan fingerprint density at radius 1 is 1.04 bits per heavy atom. The third kappa shape index (κ3) is 9.92. The number of nitrogens with zero attached hydrogens (tertiary/aromatic N) is 1. The fourth-order valence-corrected chi connectivity index (χ4v) is 2.13. The summed E-state index contributed by atoms with van der Waals surface area (Å²) >= 11 is 7.22. The SMILES string of the molecule is CC(C)(C)C(=O)CN(CCS)C(=O)CNC(=O)CNC(=O)CCBr. The highest BCUT2D eigenvalue weighted by atomic mass is 79.9. The third-order valence-electron chi connectivity index (χ3n) is 3.10. The largest absolute Gasteiger partial charge is 0.347 e. The van der Waals surface area contributed by atoms with E-state index in [9.17, 15) is 19.2 Å². The van der Waals surface area contributed by atoms with Crippen molar-refractivity contribution in [3.8, 4) is 0 Å². The summed E-state index contributed by atoms with van der Waals surface area (Å²) in [5, 5.41) is 5.39. The van der Waals surface area contributed by atoms with Crippen LogP contribution in [0.5, 0.6) is 0 Å². The van der Waals surface area contributed by atoms with E-state index in [1.54, 1.807) is 20.8 Å². The van der Waals surface area contributed by atoms with Crippen LogP contribution in [0.4, 0.5) is 0 Å². The van der Waals surface area contributed by atoms with Gasteiger partial charge in [0.1, 0.15) is 0 Å². The Labute approximate surface area is 156 Å². The Balaban J connectivity index is 4.39. The molecule has 0 unspecified atom stereocenters. The van der Waals surface area contributed by atoms with E-state index in [4.69, 9.17) is 0 Å². The molecule has 0 aliphatic heterocycles. The molecule has 7 nitrogen and oxygen atoms in total. The molecule has 3 amide bonds. The molecule has 0 aromatic rings. The highest BCUT2D eigenvalue weighted by Crippen LogP contribution is 2.15. The van der Waals surface area contributed by atoms with Crippen molar-refractivity contribution in [2.45, 2.75) is 27.2 Å². The third-order valence-corrected chi connectivity index (χ3v) is 3.69. The van der Waals surface area contributed by atoms with Crippen LogP contribution in [-0.4, -0.2) is 65.7 Å². The molecule has 0 fully saturated rings. The lowest BCUT2D eigenvalue weighted by Crippen LogP contribution is -2.46. The summed E-state index contributed by atoms with van der Waals surface area (Å²) in [6.45, 7) is 5.26. The van der Waals surface area contributed by atoms with Gasteiger partial charge in [-0.25, -0.2) is 0 Å². The maximum Gasteiger partial charge on any atom is 0.242 e. The zero-order valence-corrected chi connectivity index (χ0v) is 16.8. The lowest BCUT2D eigenvalue weighted by atomic mass is 9.90. The molecule has 0 radical (unpaired) electrons. The second-order valence-corrected chi connectivity index (χ2v) is 7.44. The zero-order valence-electron chi connectivity index (χ0n) is 14.4. The van der Waals surface area contributed by atoms with Crippen LogP contribution in [0, 0.1) is 5.41 Å². The Morgan fingerprint density at radius 2 is 1.62 bits per heavy atom. The van der Waals surface area contributed by atoms with Gasteiger partial charge < -0.3 is 15.5 Å². The van der Waals surface area contributed by atoms with Gasteiger partial charge in [0.15, 0.2) is 5.78 Å². The van der Waals surface area contributed by atoms with Crippen LogP contribution in [0.25, 0.3) is 0 Å². The number of ketones is 1. The molecule has 0 saturated heterocycles. The van der Waals surface area contributed by atoms with Crippen LogP contribution in [0.3, 0.4) is 0 Å². The van der Waals surface area contributed by atoms with Gasteiger partial charge in [0.2, 0.25) is 17.7 Å². The van der Waals surface area contributed by atoms with Gasteiger partial charge in [0.25, 0.3) is 0 Å². The van der Waals surface area contributed by atoms with Crippen molar-refractivity contribution < 1.29 is 19.2 Å². The van der Waals surface area contributed by atoms with E-state index in [0.29, 0.717) is 17.6 Å². The summed E-state index contributed by atoms with van der Waals surface area (Å²) in [5.41, 5.74) is -0.544. The van der Waals surface area contributed by atoms with E-state index >= 15 is 0 Å². The highest BCUT2D eigenvalue weighted by Gasteiger charge is 2.25. The molecule has 0 saturated carbocycles.